The molecular weight excluding hydrogens is 326 g/mol. The van der Waals surface area contributed by atoms with Gasteiger partial charge in [0.25, 0.3) is 0 Å². The minimum Gasteiger partial charge on any atom is -0.399 e. The van der Waals surface area contributed by atoms with Crippen LogP contribution < -0.4 is 5.73 Å². The standard InChI is InChI=1S/C26H39N/c1-2-3-4-5-6-7-8-9-10-11-12-13-23-14-16-24(17-15-23)22-25-18-20-26(27)21-19-25/h14-21H,2-13,22,27H2,1H3. The van der Waals surface area contributed by atoms with Gasteiger partial charge >= 0.3 is 0 Å². The molecule has 2 rings (SSSR count). The van der Waals surface area contributed by atoms with Crippen LogP contribution in [-0.4, -0.2) is 0 Å². The van der Waals surface area contributed by atoms with Gasteiger partial charge in [-0.25, -0.2) is 0 Å². The molecule has 27 heavy (non-hydrogen) atoms. The van der Waals surface area contributed by atoms with Crippen LogP contribution >= 0.6 is 0 Å². The summed E-state index contributed by atoms with van der Waals surface area (Å²) in [4.78, 5) is 0. The molecule has 0 spiro atoms. The summed E-state index contributed by atoms with van der Waals surface area (Å²) in [6.07, 6.45) is 17.7. The Morgan fingerprint density at radius 1 is 0.519 bits per heavy atom. The van der Waals surface area contributed by atoms with E-state index in [1.807, 2.05) is 12.1 Å². The minimum absolute atomic E-state index is 0.834. The number of rotatable bonds is 14. The quantitative estimate of drug-likeness (QED) is 0.269. The molecule has 2 aromatic carbocycles. The molecule has 0 aliphatic heterocycles. The van der Waals surface area contributed by atoms with E-state index in [-0.39, 0.29) is 0 Å². The highest BCUT2D eigenvalue weighted by molar-refractivity contribution is 5.40. The Balaban J connectivity index is 1.52. The van der Waals surface area contributed by atoms with Crippen LogP contribution in [-0.2, 0) is 12.8 Å². The molecule has 148 valence electrons. The second-order valence-corrected chi connectivity index (χ2v) is 8.02. The number of unbranched alkanes of at least 4 members (excludes halogenated alkanes) is 10. The first-order chi connectivity index (χ1) is 13.3. The first-order valence-corrected chi connectivity index (χ1v) is 11.2. The van der Waals surface area contributed by atoms with Crippen LogP contribution in [0.15, 0.2) is 48.5 Å². The van der Waals surface area contributed by atoms with E-state index in [2.05, 4.69) is 43.3 Å². The van der Waals surface area contributed by atoms with E-state index in [4.69, 9.17) is 5.73 Å². The van der Waals surface area contributed by atoms with Gasteiger partial charge in [0, 0.05) is 5.69 Å². The maximum Gasteiger partial charge on any atom is 0.0314 e. The topological polar surface area (TPSA) is 26.0 Å². The number of benzene rings is 2. The molecule has 0 saturated heterocycles. The van der Waals surface area contributed by atoms with Crippen molar-refractivity contribution in [3.8, 4) is 0 Å². The number of aryl methyl sites for hydroxylation is 1. The predicted molar refractivity (Wildman–Crippen MR) is 120 cm³/mol. The zero-order chi connectivity index (χ0) is 19.2. The molecule has 2 N–H and O–H groups in total. The second-order valence-electron chi connectivity index (χ2n) is 8.02. The van der Waals surface area contributed by atoms with Gasteiger partial charge in [-0.05, 0) is 48.1 Å². The number of nitrogen functional groups attached to an aromatic ring is 1. The van der Waals surface area contributed by atoms with Crippen molar-refractivity contribution < 1.29 is 0 Å². The van der Waals surface area contributed by atoms with E-state index in [0.717, 1.165) is 12.1 Å². The molecule has 1 nitrogen and oxygen atoms in total. The highest BCUT2D eigenvalue weighted by atomic mass is 14.5. The summed E-state index contributed by atoms with van der Waals surface area (Å²) in [5, 5.41) is 0. The highest BCUT2D eigenvalue weighted by Gasteiger charge is 1.99. The fourth-order valence-electron chi connectivity index (χ4n) is 3.69. The SMILES string of the molecule is CCCCCCCCCCCCCc1ccc(Cc2ccc(N)cc2)cc1. The maximum atomic E-state index is 5.75. The smallest absolute Gasteiger partial charge is 0.0314 e. The van der Waals surface area contributed by atoms with Crippen LogP contribution in [0.25, 0.3) is 0 Å². The lowest BCUT2D eigenvalue weighted by molar-refractivity contribution is 0.549. The van der Waals surface area contributed by atoms with Gasteiger partial charge in [0.1, 0.15) is 0 Å². The zero-order valence-corrected chi connectivity index (χ0v) is 17.4. The first kappa shape index (κ1) is 21.5. The van der Waals surface area contributed by atoms with Gasteiger partial charge in [0.15, 0.2) is 0 Å². The van der Waals surface area contributed by atoms with Crippen molar-refractivity contribution in [1.29, 1.82) is 0 Å². The van der Waals surface area contributed by atoms with Gasteiger partial charge in [0.2, 0.25) is 0 Å². The zero-order valence-electron chi connectivity index (χ0n) is 17.4. The third-order valence-corrected chi connectivity index (χ3v) is 5.48. The molecule has 0 unspecified atom stereocenters. The Morgan fingerprint density at radius 2 is 0.926 bits per heavy atom. The molecule has 0 fully saturated rings. The molecule has 0 aliphatic carbocycles. The van der Waals surface area contributed by atoms with E-state index >= 15 is 0 Å². The fraction of sp³-hybridized carbons (Fsp3) is 0.538. The third-order valence-electron chi connectivity index (χ3n) is 5.48. The van der Waals surface area contributed by atoms with Gasteiger partial charge < -0.3 is 5.73 Å². The lowest BCUT2D eigenvalue weighted by atomic mass is 10.0. The lowest BCUT2D eigenvalue weighted by Crippen LogP contribution is -1.91. The van der Waals surface area contributed by atoms with Crippen molar-refractivity contribution in [2.24, 2.45) is 0 Å². The van der Waals surface area contributed by atoms with Gasteiger partial charge in [0.05, 0.1) is 0 Å². The van der Waals surface area contributed by atoms with E-state index in [0.29, 0.717) is 0 Å². The van der Waals surface area contributed by atoms with Crippen molar-refractivity contribution in [1.82, 2.24) is 0 Å². The molecule has 0 heterocycles. The summed E-state index contributed by atoms with van der Waals surface area (Å²) < 4.78 is 0. The van der Waals surface area contributed by atoms with E-state index in [1.165, 1.54) is 93.7 Å². The minimum atomic E-state index is 0.834. The molecular formula is C26H39N. The highest BCUT2D eigenvalue weighted by Crippen LogP contribution is 2.15. The van der Waals surface area contributed by atoms with E-state index in [1.54, 1.807) is 0 Å². The largest absolute Gasteiger partial charge is 0.399 e. The Hall–Kier alpha value is -1.76. The van der Waals surface area contributed by atoms with Gasteiger partial charge in [-0.1, -0.05) is 108 Å². The second kappa shape index (κ2) is 13.4. The van der Waals surface area contributed by atoms with Crippen LogP contribution in [0.1, 0.15) is 94.2 Å². The average Bonchev–Trinajstić information content (AvgIpc) is 2.69. The van der Waals surface area contributed by atoms with Gasteiger partial charge in [-0.2, -0.15) is 0 Å². The Kier molecular flexibility index (Phi) is 10.7. The van der Waals surface area contributed by atoms with Crippen molar-refractivity contribution in [3.63, 3.8) is 0 Å². The number of hydrogen-bond acceptors (Lipinski definition) is 1. The average molecular weight is 366 g/mol. The van der Waals surface area contributed by atoms with Crippen LogP contribution in [0.2, 0.25) is 0 Å². The van der Waals surface area contributed by atoms with E-state index in [9.17, 15) is 0 Å². The third kappa shape index (κ3) is 9.65. The van der Waals surface area contributed by atoms with Crippen molar-refractivity contribution in [2.45, 2.75) is 90.4 Å². The maximum absolute atomic E-state index is 5.75. The monoisotopic (exact) mass is 365 g/mol. The molecule has 1 heteroatoms. The van der Waals surface area contributed by atoms with Crippen molar-refractivity contribution in [3.05, 3.63) is 65.2 Å². The number of hydrogen-bond donors (Lipinski definition) is 1. The Bertz CT molecular complexity index is 597. The fourth-order valence-corrected chi connectivity index (χ4v) is 3.69. The van der Waals surface area contributed by atoms with Crippen LogP contribution in [0.5, 0.6) is 0 Å². The van der Waals surface area contributed by atoms with E-state index < -0.39 is 0 Å². The molecule has 0 radical (unpaired) electrons. The van der Waals surface area contributed by atoms with Crippen molar-refractivity contribution in [2.75, 3.05) is 5.73 Å². The number of nitrogens with two attached hydrogens (primary N) is 1. The summed E-state index contributed by atoms with van der Waals surface area (Å²) in [6.45, 7) is 2.29. The summed E-state index contributed by atoms with van der Waals surface area (Å²) in [7, 11) is 0. The predicted octanol–water partition coefficient (Wildman–Crippen LogP) is 7.71. The molecule has 0 aromatic heterocycles. The van der Waals surface area contributed by atoms with Crippen LogP contribution in [0, 0.1) is 0 Å². The lowest BCUT2D eigenvalue weighted by Gasteiger charge is -2.06. The Morgan fingerprint density at radius 3 is 1.44 bits per heavy atom. The molecule has 0 amide bonds. The summed E-state index contributed by atoms with van der Waals surface area (Å²) in [5.74, 6) is 0. The Labute approximate surface area is 167 Å². The molecule has 0 bridgehead atoms. The number of anilines is 1. The van der Waals surface area contributed by atoms with Crippen molar-refractivity contribution >= 4 is 5.69 Å². The molecule has 2 aromatic rings. The normalized spacial score (nSPS) is 11.0. The summed E-state index contributed by atoms with van der Waals surface area (Å²) in [6, 6.07) is 17.4. The summed E-state index contributed by atoms with van der Waals surface area (Å²) in [5.41, 5.74) is 10.8. The first-order valence-electron chi connectivity index (χ1n) is 11.2. The molecule has 0 atom stereocenters. The van der Waals surface area contributed by atoms with Crippen LogP contribution in [0.4, 0.5) is 5.69 Å². The molecule has 0 saturated carbocycles. The van der Waals surface area contributed by atoms with Crippen LogP contribution in [0.3, 0.4) is 0 Å². The van der Waals surface area contributed by atoms with Gasteiger partial charge in [-0.3, -0.25) is 0 Å². The molecule has 0 aliphatic rings. The van der Waals surface area contributed by atoms with Gasteiger partial charge in [-0.15, -0.1) is 0 Å². The summed E-state index contributed by atoms with van der Waals surface area (Å²) >= 11 is 0.